The fourth-order valence-corrected chi connectivity index (χ4v) is 3.86. The van der Waals surface area contributed by atoms with Crippen LogP contribution in [0.3, 0.4) is 0 Å². The van der Waals surface area contributed by atoms with Crippen LogP contribution in [-0.2, 0) is 23.2 Å². The SMILES string of the molecule is CC(C)(C)c1ccc(OCCCC(=O)NCc2csc(Cc3ccccc3)n2)cc1. The fourth-order valence-electron chi connectivity index (χ4n) is 3.03. The first-order valence-corrected chi connectivity index (χ1v) is 11.3. The highest BCUT2D eigenvalue weighted by Crippen LogP contribution is 2.24. The van der Waals surface area contributed by atoms with Crippen LogP contribution in [0.5, 0.6) is 5.75 Å². The van der Waals surface area contributed by atoms with Crippen LogP contribution in [0, 0.1) is 0 Å². The Hall–Kier alpha value is -2.66. The molecule has 0 atom stereocenters. The molecule has 0 saturated heterocycles. The highest BCUT2D eigenvalue weighted by Gasteiger charge is 2.13. The number of amides is 1. The Morgan fingerprint density at radius 2 is 1.80 bits per heavy atom. The van der Waals surface area contributed by atoms with Crippen molar-refractivity contribution in [2.45, 2.75) is 52.0 Å². The summed E-state index contributed by atoms with van der Waals surface area (Å²) in [6, 6.07) is 18.5. The van der Waals surface area contributed by atoms with Gasteiger partial charge in [-0.25, -0.2) is 4.98 Å². The maximum absolute atomic E-state index is 12.1. The number of carbonyl (C=O) groups is 1. The van der Waals surface area contributed by atoms with Crippen molar-refractivity contribution in [2.24, 2.45) is 0 Å². The molecular weight excluding hydrogens is 392 g/mol. The van der Waals surface area contributed by atoms with E-state index in [1.54, 1.807) is 11.3 Å². The Morgan fingerprint density at radius 1 is 1.07 bits per heavy atom. The summed E-state index contributed by atoms with van der Waals surface area (Å²) in [5.74, 6) is 0.871. The van der Waals surface area contributed by atoms with Crippen LogP contribution < -0.4 is 10.1 Å². The van der Waals surface area contributed by atoms with Gasteiger partial charge in [-0.2, -0.15) is 0 Å². The van der Waals surface area contributed by atoms with Gasteiger partial charge in [-0.1, -0.05) is 63.2 Å². The van der Waals surface area contributed by atoms with Crippen molar-refractivity contribution in [3.63, 3.8) is 0 Å². The normalized spacial score (nSPS) is 11.3. The molecule has 0 aliphatic rings. The van der Waals surface area contributed by atoms with Crippen LogP contribution in [0.1, 0.15) is 55.4 Å². The zero-order valence-corrected chi connectivity index (χ0v) is 18.8. The predicted octanol–water partition coefficient (Wildman–Crippen LogP) is 5.51. The van der Waals surface area contributed by atoms with E-state index in [0.29, 0.717) is 26.0 Å². The third kappa shape index (κ3) is 6.99. The van der Waals surface area contributed by atoms with Gasteiger partial charge < -0.3 is 10.1 Å². The Morgan fingerprint density at radius 3 is 2.50 bits per heavy atom. The van der Waals surface area contributed by atoms with Crippen molar-refractivity contribution in [1.82, 2.24) is 10.3 Å². The van der Waals surface area contributed by atoms with Gasteiger partial charge in [-0.15, -0.1) is 11.3 Å². The first-order chi connectivity index (χ1) is 14.4. The largest absolute Gasteiger partial charge is 0.494 e. The molecule has 0 spiro atoms. The number of aromatic nitrogens is 1. The highest BCUT2D eigenvalue weighted by atomic mass is 32.1. The van der Waals surface area contributed by atoms with E-state index in [1.807, 2.05) is 35.7 Å². The molecule has 30 heavy (non-hydrogen) atoms. The number of thiazole rings is 1. The molecule has 0 unspecified atom stereocenters. The van der Waals surface area contributed by atoms with E-state index in [0.717, 1.165) is 22.9 Å². The molecule has 0 aliphatic carbocycles. The molecule has 0 fully saturated rings. The van der Waals surface area contributed by atoms with Crippen molar-refractivity contribution < 1.29 is 9.53 Å². The van der Waals surface area contributed by atoms with Gasteiger partial charge in [0.25, 0.3) is 0 Å². The van der Waals surface area contributed by atoms with Gasteiger partial charge in [0, 0.05) is 18.2 Å². The van der Waals surface area contributed by atoms with E-state index in [9.17, 15) is 4.79 Å². The summed E-state index contributed by atoms with van der Waals surface area (Å²) < 4.78 is 5.76. The molecule has 158 valence electrons. The molecule has 0 bridgehead atoms. The van der Waals surface area contributed by atoms with Gasteiger partial charge in [0.2, 0.25) is 5.91 Å². The molecule has 1 aromatic heterocycles. The van der Waals surface area contributed by atoms with Crippen LogP contribution >= 0.6 is 11.3 Å². The summed E-state index contributed by atoms with van der Waals surface area (Å²) in [6.07, 6.45) is 1.96. The van der Waals surface area contributed by atoms with Crippen molar-refractivity contribution in [1.29, 1.82) is 0 Å². The summed E-state index contributed by atoms with van der Waals surface area (Å²) in [5, 5.41) is 6.03. The summed E-state index contributed by atoms with van der Waals surface area (Å²) in [4.78, 5) is 16.7. The van der Waals surface area contributed by atoms with Gasteiger partial charge in [0.05, 0.1) is 23.9 Å². The van der Waals surface area contributed by atoms with E-state index in [-0.39, 0.29) is 11.3 Å². The lowest BCUT2D eigenvalue weighted by atomic mass is 9.87. The number of benzene rings is 2. The Labute approximate surface area is 183 Å². The zero-order chi connectivity index (χ0) is 21.4. The summed E-state index contributed by atoms with van der Waals surface area (Å²) >= 11 is 1.64. The first kappa shape index (κ1) is 22.0. The maximum Gasteiger partial charge on any atom is 0.220 e. The van der Waals surface area contributed by atoms with Gasteiger partial charge in [0.1, 0.15) is 5.75 Å². The quantitative estimate of drug-likeness (QED) is 0.463. The van der Waals surface area contributed by atoms with Crippen LogP contribution in [0.2, 0.25) is 0 Å². The molecule has 1 amide bonds. The van der Waals surface area contributed by atoms with Gasteiger partial charge in [-0.3, -0.25) is 4.79 Å². The molecule has 0 saturated carbocycles. The minimum absolute atomic E-state index is 0.0271. The second-order valence-corrected chi connectivity index (χ2v) is 9.34. The zero-order valence-electron chi connectivity index (χ0n) is 18.0. The van der Waals surface area contributed by atoms with Crippen LogP contribution in [0.4, 0.5) is 0 Å². The van der Waals surface area contributed by atoms with Gasteiger partial charge in [0.15, 0.2) is 0 Å². The lowest BCUT2D eigenvalue weighted by molar-refractivity contribution is -0.121. The molecule has 3 rings (SSSR count). The van der Waals surface area contributed by atoms with E-state index >= 15 is 0 Å². The van der Waals surface area contributed by atoms with E-state index in [2.05, 4.69) is 55.3 Å². The predicted molar refractivity (Wildman–Crippen MR) is 123 cm³/mol. The van der Waals surface area contributed by atoms with E-state index in [4.69, 9.17) is 4.74 Å². The van der Waals surface area contributed by atoms with Crippen molar-refractivity contribution in [3.8, 4) is 5.75 Å². The third-order valence-corrected chi connectivity index (χ3v) is 5.70. The molecule has 0 radical (unpaired) electrons. The van der Waals surface area contributed by atoms with E-state index < -0.39 is 0 Å². The van der Waals surface area contributed by atoms with Crippen LogP contribution in [-0.4, -0.2) is 17.5 Å². The summed E-state index contributed by atoms with van der Waals surface area (Å²) in [5.41, 5.74) is 3.57. The van der Waals surface area contributed by atoms with Crippen molar-refractivity contribution in [3.05, 3.63) is 81.8 Å². The highest BCUT2D eigenvalue weighted by molar-refractivity contribution is 7.09. The first-order valence-electron chi connectivity index (χ1n) is 10.4. The van der Waals surface area contributed by atoms with Gasteiger partial charge in [-0.05, 0) is 35.1 Å². The number of nitrogens with one attached hydrogen (secondary N) is 1. The number of carbonyl (C=O) groups excluding carboxylic acids is 1. The van der Waals surface area contributed by atoms with E-state index in [1.165, 1.54) is 11.1 Å². The lowest BCUT2D eigenvalue weighted by Crippen LogP contribution is -2.23. The molecule has 1 heterocycles. The average molecular weight is 423 g/mol. The van der Waals surface area contributed by atoms with Crippen molar-refractivity contribution >= 4 is 17.2 Å². The topological polar surface area (TPSA) is 51.2 Å². The standard InChI is InChI=1S/C25H30N2O2S/c1-25(2,3)20-11-13-22(14-12-20)29-15-7-10-23(28)26-17-21-18-30-24(27-21)16-19-8-5-4-6-9-19/h4-6,8-9,11-14,18H,7,10,15-17H2,1-3H3,(H,26,28). The lowest BCUT2D eigenvalue weighted by Gasteiger charge is -2.19. The Bertz CT molecular complexity index is 928. The minimum Gasteiger partial charge on any atom is -0.494 e. The molecular formula is C25H30N2O2S. The molecule has 3 aromatic rings. The third-order valence-electron chi connectivity index (χ3n) is 4.80. The second kappa shape index (κ2) is 10.4. The number of hydrogen-bond acceptors (Lipinski definition) is 4. The Balaban J connectivity index is 1.33. The minimum atomic E-state index is 0.0271. The monoisotopic (exact) mass is 422 g/mol. The number of ether oxygens (including phenoxy) is 1. The fraction of sp³-hybridized carbons (Fsp3) is 0.360. The molecule has 1 N–H and O–H groups in total. The molecule has 0 aliphatic heterocycles. The summed E-state index contributed by atoms with van der Waals surface area (Å²) in [7, 11) is 0. The van der Waals surface area contributed by atoms with Crippen molar-refractivity contribution in [2.75, 3.05) is 6.61 Å². The number of rotatable bonds is 9. The molecule has 4 nitrogen and oxygen atoms in total. The number of nitrogens with zero attached hydrogens (tertiary/aromatic N) is 1. The molecule has 2 aromatic carbocycles. The number of hydrogen-bond donors (Lipinski definition) is 1. The Kier molecular flexibility index (Phi) is 7.63. The van der Waals surface area contributed by atoms with Crippen LogP contribution in [0.25, 0.3) is 0 Å². The average Bonchev–Trinajstić information content (AvgIpc) is 3.17. The maximum atomic E-state index is 12.1. The smallest absolute Gasteiger partial charge is 0.220 e. The van der Waals surface area contributed by atoms with Crippen LogP contribution in [0.15, 0.2) is 60.0 Å². The van der Waals surface area contributed by atoms with Gasteiger partial charge >= 0.3 is 0 Å². The second-order valence-electron chi connectivity index (χ2n) is 8.40. The summed E-state index contributed by atoms with van der Waals surface area (Å²) in [6.45, 7) is 7.57. The molecule has 5 heteroatoms.